The molecule has 1 rings (SSSR count). The highest BCUT2D eigenvalue weighted by Gasteiger charge is 2.17. The average Bonchev–Trinajstić information content (AvgIpc) is 2.30. The fourth-order valence-corrected chi connectivity index (χ4v) is 1.32. The molecule has 4 heteroatoms. The molecule has 0 heterocycles. The minimum atomic E-state index is -2.46. The first-order valence-corrected chi connectivity index (χ1v) is 5.20. The van der Waals surface area contributed by atoms with E-state index in [1.54, 1.807) is 12.1 Å². The van der Waals surface area contributed by atoms with Crippen LogP contribution in [-0.4, -0.2) is 0 Å². The Hall–Kier alpha value is -1.89. The van der Waals surface area contributed by atoms with Crippen molar-refractivity contribution in [1.29, 1.82) is 0 Å². The number of alkyl halides is 2. The summed E-state index contributed by atoms with van der Waals surface area (Å²) in [6.45, 7) is 11.0. The van der Waals surface area contributed by atoms with Crippen LogP contribution in [0.1, 0.15) is 32.8 Å². The van der Waals surface area contributed by atoms with Crippen molar-refractivity contribution in [3.63, 3.8) is 0 Å². The summed E-state index contributed by atoms with van der Waals surface area (Å²) < 4.78 is 24.8. The lowest BCUT2D eigenvalue weighted by molar-refractivity contribution is 0.151. The second-order valence-electron chi connectivity index (χ2n) is 3.90. The lowest BCUT2D eigenvalue weighted by Gasteiger charge is -2.09. The van der Waals surface area contributed by atoms with Crippen LogP contribution in [0, 0.1) is 6.57 Å². The van der Waals surface area contributed by atoms with Crippen molar-refractivity contribution in [2.45, 2.75) is 27.2 Å². The highest BCUT2D eigenvalue weighted by atomic mass is 19.3. The number of benzene rings is 1. The fourth-order valence-electron chi connectivity index (χ4n) is 1.32. The molecule has 0 spiro atoms. The van der Waals surface area contributed by atoms with E-state index in [2.05, 4.69) is 4.95 Å². The van der Waals surface area contributed by atoms with Crippen molar-refractivity contribution in [3.05, 3.63) is 46.1 Å². The third kappa shape index (κ3) is 3.04. The molecule has 1 aromatic rings. The van der Waals surface area contributed by atoms with Gasteiger partial charge in [-0.2, -0.15) is 0 Å². The topological polar surface area (TPSA) is 7.60 Å². The standard InChI is InChI=1S/C13H15F2N2/c1-9(2)10(3)17(16-4)12-7-5-11(6-8-12)13(14)15/h4-8,13H,1-3H3/q+1. The minimum absolute atomic E-state index is 0.0134. The Kier molecular flexibility index (Phi) is 4.22. The predicted molar refractivity (Wildman–Crippen MR) is 66.2 cm³/mol. The number of hydrogen-bond donors (Lipinski definition) is 0. The third-order valence-electron chi connectivity index (χ3n) is 2.55. The van der Waals surface area contributed by atoms with E-state index in [1.165, 1.54) is 17.1 Å². The van der Waals surface area contributed by atoms with E-state index in [4.69, 9.17) is 6.57 Å². The summed E-state index contributed by atoms with van der Waals surface area (Å²) in [4.78, 5) is 3.64. The van der Waals surface area contributed by atoms with Gasteiger partial charge in [-0.3, -0.25) is 0 Å². The molecule has 0 aromatic heterocycles. The van der Waals surface area contributed by atoms with Crippen LogP contribution in [0.5, 0.6) is 0 Å². The van der Waals surface area contributed by atoms with Gasteiger partial charge in [0.05, 0.1) is 10.7 Å². The van der Waals surface area contributed by atoms with Crippen molar-refractivity contribution >= 4 is 5.69 Å². The van der Waals surface area contributed by atoms with E-state index in [0.717, 1.165) is 11.3 Å². The third-order valence-corrected chi connectivity index (χ3v) is 2.55. The molecule has 90 valence electrons. The maximum Gasteiger partial charge on any atom is 0.305 e. The molecule has 0 N–H and O–H groups in total. The number of halogens is 2. The van der Waals surface area contributed by atoms with Gasteiger partial charge in [-0.1, -0.05) is 17.7 Å². The van der Waals surface area contributed by atoms with Crippen molar-refractivity contribution < 1.29 is 8.78 Å². The molecule has 17 heavy (non-hydrogen) atoms. The lowest BCUT2D eigenvalue weighted by Crippen LogP contribution is -2.11. The lowest BCUT2D eigenvalue weighted by atomic mass is 10.2. The summed E-state index contributed by atoms with van der Waals surface area (Å²) in [5, 5.41) is 1.52. The molecule has 0 amide bonds. The van der Waals surface area contributed by atoms with Gasteiger partial charge in [0.25, 0.3) is 6.43 Å². The van der Waals surface area contributed by atoms with Gasteiger partial charge < -0.3 is 0 Å². The van der Waals surface area contributed by atoms with Gasteiger partial charge in [-0.15, -0.1) is 0 Å². The van der Waals surface area contributed by atoms with E-state index < -0.39 is 6.43 Å². The predicted octanol–water partition coefficient (Wildman–Crippen LogP) is 4.62. The molecule has 0 fully saturated rings. The maximum atomic E-state index is 12.4. The van der Waals surface area contributed by atoms with E-state index in [-0.39, 0.29) is 5.56 Å². The van der Waals surface area contributed by atoms with Crippen LogP contribution in [0.4, 0.5) is 14.5 Å². The van der Waals surface area contributed by atoms with E-state index in [0.29, 0.717) is 5.69 Å². The zero-order chi connectivity index (χ0) is 13.0. The summed E-state index contributed by atoms with van der Waals surface area (Å²) >= 11 is 0. The number of allylic oxidation sites excluding steroid dienone is 2. The van der Waals surface area contributed by atoms with Crippen molar-refractivity contribution in [1.82, 2.24) is 0 Å². The Bertz CT molecular complexity index is 451. The zero-order valence-electron chi connectivity index (χ0n) is 10.1. The molecule has 0 atom stereocenters. The highest BCUT2D eigenvalue weighted by Crippen LogP contribution is 2.25. The summed E-state index contributed by atoms with van der Waals surface area (Å²) in [5.41, 5.74) is 2.57. The second-order valence-corrected chi connectivity index (χ2v) is 3.90. The van der Waals surface area contributed by atoms with E-state index in [1.807, 2.05) is 20.8 Å². The number of anilines is 1. The van der Waals surface area contributed by atoms with Crippen LogP contribution >= 0.6 is 0 Å². The molecule has 0 radical (unpaired) electrons. The smallest absolute Gasteiger partial charge is 0.205 e. The molecular formula is C13H15F2N2+. The number of nitrogens with zero attached hydrogens (tertiary/aromatic N) is 2. The Morgan fingerprint density at radius 1 is 1.18 bits per heavy atom. The fraction of sp³-hybridized carbons (Fsp3) is 0.308. The molecule has 0 aliphatic heterocycles. The molecule has 0 aliphatic carbocycles. The monoisotopic (exact) mass is 237 g/mol. The minimum Gasteiger partial charge on any atom is -0.205 e. The van der Waals surface area contributed by atoms with Crippen LogP contribution in [0.15, 0.2) is 35.5 Å². The van der Waals surface area contributed by atoms with Gasteiger partial charge in [0.2, 0.25) is 0 Å². The quantitative estimate of drug-likeness (QED) is 0.696. The Labute approximate surface area is 100.0 Å². The number of rotatable bonds is 3. The zero-order valence-corrected chi connectivity index (χ0v) is 10.1. The second kappa shape index (κ2) is 5.44. The van der Waals surface area contributed by atoms with Gasteiger partial charge in [0, 0.05) is 5.56 Å². The van der Waals surface area contributed by atoms with Gasteiger partial charge in [0.15, 0.2) is 0 Å². The van der Waals surface area contributed by atoms with Crippen LogP contribution < -0.4 is 5.01 Å². The molecule has 0 aliphatic rings. The normalized spacial score (nSPS) is 9.94. The molecule has 0 saturated carbocycles. The Morgan fingerprint density at radius 2 is 1.71 bits per heavy atom. The highest BCUT2D eigenvalue weighted by molar-refractivity contribution is 5.54. The summed E-state index contributed by atoms with van der Waals surface area (Å²) in [6, 6.07) is 5.89. The van der Waals surface area contributed by atoms with Crippen LogP contribution in [-0.2, 0) is 0 Å². The van der Waals surface area contributed by atoms with Crippen molar-refractivity contribution in [3.8, 4) is 6.57 Å². The number of hydrogen-bond acceptors (Lipinski definition) is 1. The summed E-state index contributed by atoms with van der Waals surface area (Å²) in [5.74, 6) is 0. The van der Waals surface area contributed by atoms with Crippen LogP contribution in [0.25, 0.3) is 4.95 Å². The SMILES string of the molecule is C#[N+]N(C(C)=C(C)C)c1ccc(C(F)F)cc1. The van der Waals surface area contributed by atoms with E-state index >= 15 is 0 Å². The van der Waals surface area contributed by atoms with Crippen molar-refractivity contribution in [2.24, 2.45) is 0 Å². The van der Waals surface area contributed by atoms with Gasteiger partial charge in [0.1, 0.15) is 5.69 Å². The Balaban J connectivity index is 3.08. The molecule has 1 aromatic carbocycles. The Morgan fingerprint density at radius 3 is 2.06 bits per heavy atom. The van der Waals surface area contributed by atoms with Crippen LogP contribution in [0.3, 0.4) is 0 Å². The molecule has 0 unspecified atom stereocenters. The van der Waals surface area contributed by atoms with Crippen molar-refractivity contribution in [2.75, 3.05) is 5.01 Å². The maximum absolute atomic E-state index is 12.4. The molecule has 0 saturated heterocycles. The molecule has 0 bridgehead atoms. The largest absolute Gasteiger partial charge is 0.305 e. The summed E-state index contributed by atoms with van der Waals surface area (Å²) in [7, 11) is 0. The first kappa shape index (κ1) is 13.2. The van der Waals surface area contributed by atoms with E-state index in [9.17, 15) is 8.78 Å². The van der Waals surface area contributed by atoms with Gasteiger partial charge >= 0.3 is 6.57 Å². The molecular weight excluding hydrogens is 222 g/mol. The first-order chi connectivity index (χ1) is 7.97. The van der Waals surface area contributed by atoms with Crippen LogP contribution in [0.2, 0.25) is 0 Å². The summed E-state index contributed by atoms with van der Waals surface area (Å²) in [6.07, 6.45) is -2.46. The van der Waals surface area contributed by atoms with Gasteiger partial charge in [-0.25, -0.2) is 8.78 Å². The van der Waals surface area contributed by atoms with Gasteiger partial charge in [-0.05, 0) is 37.9 Å². The first-order valence-electron chi connectivity index (χ1n) is 5.20. The average molecular weight is 237 g/mol. The molecule has 2 nitrogen and oxygen atoms in total.